The van der Waals surface area contributed by atoms with E-state index in [4.69, 9.17) is 4.74 Å². The van der Waals surface area contributed by atoms with Gasteiger partial charge in [0.2, 0.25) is 0 Å². The molecule has 1 saturated heterocycles. The number of aryl methyl sites for hydroxylation is 2. The molecule has 134 valence electrons. The average molecular weight is 349 g/mol. The van der Waals surface area contributed by atoms with E-state index in [1.54, 1.807) is 0 Å². The summed E-state index contributed by atoms with van der Waals surface area (Å²) in [6.07, 6.45) is 3.69. The minimum Gasteiger partial charge on any atom is -0.389 e. The molecule has 0 aliphatic carbocycles. The molecule has 0 spiro atoms. The Morgan fingerprint density at radius 1 is 1.12 bits per heavy atom. The molecule has 1 atom stereocenters. The van der Waals surface area contributed by atoms with E-state index >= 15 is 0 Å². The number of nitrogens with zero attached hydrogens (tertiary/aromatic N) is 1. The molecule has 0 radical (unpaired) electrons. The molecular weight excluding hydrogens is 326 g/mol. The van der Waals surface area contributed by atoms with E-state index in [2.05, 4.69) is 28.8 Å². The number of carbonyl (C=O) groups is 2. The van der Waals surface area contributed by atoms with Gasteiger partial charge in [-0.25, -0.2) is 4.79 Å². The normalized spacial score (nSPS) is 19.3. The minimum atomic E-state index is -0.677. The van der Waals surface area contributed by atoms with Crippen LogP contribution in [0, 0.1) is 20.8 Å². The van der Waals surface area contributed by atoms with Crippen molar-refractivity contribution in [2.24, 2.45) is 0 Å². The third-order valence-electron chi connectivity index (χ3n) is 4.85. The van der Waals surface area contributed by atoms with Crippen LogP contribution >= 0.6 is 0 Å². The first-order valence-corrected chi connectivity index (χ1v) is 8.70. The lowest BCUT2D eigenvalue weighted by Gasteiger charge is -2.12. The highest BCUT2D eigenvalue weighted by atomic mass is 16.6. The van der Waals surface area contributed by atoms with Crippen molar-refractivity contribution in [3.8, 4) is 5.69 Å². The first kappa shape index (κ1) is 17.9. The maximum Gasteiger partial charge on any atom is 0.343 e. The van der Waals surface area contributed by atoms with E-state index in [0.29, 0.717) is 5.57 Å². The van der Waals surface area contributed by atoms with Crippen LogP contribution < -0.4 is 0 Å². The van der Waals surface area contributed by atoms with Crippen LogP contribution in [-0.4, -0.2) is 16.5 Å². The number of ether oxygens (including phenoxy) is 1. The van der Waals surface area contributed by atoms with E-state index in [1.807, 2.05) is 52.8 Å². The highest BCUT2D eigenvalue weighted by molar-refractivity contribution is 6.11. The molecule has 2 aromatic rings. The summed E-state index contributed by atoms with van der Waals surface area (Å²) in [6, 6.07) is 10.2. The predicted octanol–water partition coefficient (Wildman–Crippen LogP) is 4.46. The monoisotopic (exact) mass is 349 g/mol. The number of hydrogen-bond acceptors (Lipinski definition) is 3. The van der Waals surface area contributed by atoms with Gasteiger partial charge in [-0.05, 0) is 64.0 Å². The molecule has 2 heterocycles. The van der Waals surface area contributed by atoms with Gasteiger partial charge in [-0.2, -0.15) is 0 Å². The first-order chi connectivity index (χ1) is 12.3. The van der Waals surface area contributed by atoms with Crippen molar-refractivity contribution in [2.75, 3.05) is 0 Å². The Morgan fingerprint density at radius 3 is 2.38 bits per heavy atom. The van der Waals surface area contributed by atoms with Crippen LogP contribution in [0.15, 0.2) is 53.6 Å². The highest BCUT2D eigenvalue weighted by Crippen LogP contribution is 2.38. The number of cyclic esters (lactones) is 2. The van der Waals surface area contributed by atoms with Gasteiger partial charge >= 0.3 is 11.9 Å². The summed E-state index contributed by atoms with van der Waals surface area (Å²) in [6.45, 7) is 9.74. The Morgan fingerprint density at radius 2 is 1.77 bits per heavy atom. The molecular formula is C22H23NO3. The molecule has 1 aromatic carbocycles. The Balaban J connectivity index is 2.16. The van der Waals surface area contributed by atoms with Gasteiger partial charge in [0, 0.05) is 17.1 Å². The zero-order valence-corrected chi connectivity index (χ0v) is 15.8. The van der Waals surface area contributed by atoms with Crippen molar-refractivity contribution in [3.63, 3.8) is 0 Å². The highest BCUT2D eigenvalue weighted by Gasteiger charge is 2.42. The van der Waals surface area contributed by atoms with Gasteiger partial charge in [0.15, 0.2) is 0 Å². The smallest absolute Gasteiger partial charge is 0.343 e. The first-order valence-electron chi connectivity index (χ1n) is 8.70. The second kappa shape index (κ2) is 6.79. The van der Waals surface area contributed by atoms with Crippen LogP contribution in [-0.2, 0) is 14.3 Å². The predicted molar refractivity (Wildman–Crippen MR) is 101 cm³/mol. The number of hydrogen-bond donors (Lipinski definition) is 0. The fourth-order valence-electron chi connectivity index (χ4n) is 3.62. The molecule has 1 aliphatic rings. The SMILES string of the molecule is C/C=C/C(C)=C1/C(=O)OC(=O)C1c1cc(C)n(-c2ccc(C)cc2)c1C. The molecule has 4 heteroatoms. The molecule has 26 heavy (non-hydrogen) atoms. The van der Waals surface area contributed by atoms with Crippen LogP contribution in [0.5, 0.6) is 0 Å². The van der Waals surface area contributed by atoms with Crippen molar-refractivity contribution in [1.82, 2.24) is 4.57 Å². The second-order valence-corrected chi connectivity index (χ2v) is 6.74. The van der Waals surface area contributed by atoms with E-state index in [9.17, 15) is 9.59 Å². The zero-order chi connectivity index (χ0) is 19.0. The van der Waals surface area contributed by atoms with Crippen molar-refractivity contribution in [3.05, 3.63) is 76.1 Å². The summed E-state index contributed by atoms with van der Waals surface area (Å²) in [7, 11) is 0. The fraction of sp³-hybridized carbons (Fsp3) is 0.273. The third kappa shape index (κ3) is 2.92. The molecule has 0 bridgehead atoms. The summed E-state index contributed by atoms with van der Waals surface area (Å²) in [4.78, 5) is 24.7. The van der Waals surface area contributed by atoms with E-state index in [-0.39, 0.29) is 0 Å². The fourth-order valence-corrected chi connectivity index (χ4v) is 3.62. The van der Waals surface area contributed by atoms with Gasteiger partial charge in [0.25, 0.3) is 0 Å². The summed E-state index contributed by atoms with van der Waals surface area (Å²) in [5, 5.41) is 0. The Hall–Kier alpha value is -2.88. The number of benzene rings is 1. The molecule has 1 unspecified atom stereocenters. The minimum absolute atomic E-state index is 0.428. The average Bonchev–Trinajstić information content (AvgIpc) is 3.04. The lowest BCUT2D eigenvalue weighted by Crippen LogP contribution is -2.10. The largest absolute Gasteiger partial charge is 0.389 e. The number of rotatable bonds is 3. The summed E-state index contributed by atoms with van der Waals surface area (Å²) >= 11 is 0. The summed E-state index contributed by atoms with van der Waals surface area (Å²) in [5.41, 5.74) is 6.17. The summed E-state index contributed by atoms with van der Waals surface area (Å²) < 4.78 is 7.06. The molecule has 3 rings (SSSR count). The molecule has 0 amide bonds. The topological polar surface area (TPSA) is 48.3 Å². The van der Waals surface area contributed by atoms with Crippen molar-refractivity contribution in [1.29, 1.82) is 0 Å². The molecule has 0 saturated carbocycles. The van der Waals surface area contributed by atoms with Gasteiger partial charge in [-0.1, -0.05) is 29.8 Å². The maximum absolute atomic E-state index is 12.4. The number of esters is 2. The lowest BCUT2D eigenvalue weighted by atomic mass is 9.90. The maximum atomic E-state index is 12.4. The Bertz CT molecular complexity index is 943. The van der Waals surface area contributed by atoms with Crippen LogP contribution in [0.3, 0.4) is 0 Å². The standard InChI is InChI=1S/C22H23NO3/c1-6-7-14(3)19-20(22(25)26-21(19)24)18-12-15(4)23(16(18)5)17-10-8-13(2)9-11-17/h6-12,20H,1-5H3/b7-6+,19-14+. The van der Waals surface area contributed by atoms with Gasteiger partial charge in [-0.3, -0.25) is 4.79 Å². The van der Waals surface area contributed by atoms with Crippen LogP contribution in [0.4, 0.5) is 0 Å². The van der Waals surface area contributed by atoms with Crippen LogP contribution in [0.1, 0.15) is 42.3 Å². The number of carbonyl (C=O) groups excluding carboxylic acids is 2. The molecule has 0 N–H and O–H groups in total. The molecule has 1 aromatic heterocycles. The van der Waals surface area contributed by atoms with E-state index in [0.717, 1.165) is 28.2 Å². The van der Waals surface area contributed by atoms with Crippen molar-refractivity contribution < 1.29 is 14.3 Å². The summed E-state index contributed by atoms with van der Waals surface area (Å²) in [5.74, 6) is -1.72. The quantitative estimate of drug-likeness (QED) is 0.467. The van der Waals surface area contributed by atoms with Gasteiger partial charge < -0.3 is 9.30 Å². The second-order valence-electron chi connectivity index (χ2n) is 6.74. The zero-order valence-electron chi connectivity index (χ0n) is 15.8. The Kier molecular flexibility index (Phi) is 4.68. The Labute approximate surface area is 153 Å². The van der Waals surface area contributed by atoms with Crippen LogP contribution in [0.2, 0.25) is 0 Å². The number of aromatic nitrogens is 1. The molecule has 1 aliphatic heterocycles. The van der Waals surface area contributed by atoms with Gasteiger partial charge in [0.1, 0.15) is 5.92 Å². The third-order valence-corrected chi connectivity index (χ3v) is 4.85. The van der Waals surface area contributed by atoms with Gasteiger partial charge in [0.05, 0.1) is 5.57 Å². The van der Waals surface area contributed by atoms with E-state index in [1.165, 1.54) is 5.56 Å². The molecule has 4 nitrogen and oxygen atoms in total. The van der Waals surface area contributed by atoms with Crippen LogP contribution in [0.25, 0.3) is 5.69 Å². The molecule has 1 fully saturated rings. The van der Waals surface area contributed by atoms with Crippen molar-refractivity contribution >= 4 is 11.9 Å². The van der Waals surface area contributed by atoms with E-state index < -0.39 is 17.9 Å². The number of allylic oxidation sites excluding steroid dienone is 3. The van der Waals surface area contributed by atoms with Gasteiger partial charge in [-0.15, -0.1) is 0 Å². The lowest BCUT2D eigenvalue weighted by molar-refractivity contribution is -0.151. The van der Waals surface area contributed by atoms with Crippen molar-refractivity contribution in [2.45, 2.75) is 40.5 Å².